The number of nitrogens with one attached hydrogen (secondary N) is 1. The van der Waals surface area contributed by atoms with Crippen molar-refractivity contribution >= 4 is 27.6 Å². The third-order valence-electron chi connectivity index (χ3n) is 5.73. The Bertz CT molecular complexity index is 1290. The number of amides is 1. The van der Waals surface area contributed by atoms with Gasteiger partial charge in [-0.3, -0.25) is 14.4 Å². The van der Waals surface area contributed by atoms with Crippen LogP contribution < -0.4 is 9.62 Å². The molecule has 0 bridgehead atoms. The van der Waals surface area contributed by atoms with Gasteiger partial charge in [-0.25, -0.2) is 18.1 Å². The SMILES string of the molecule is [2H]C([2H])(c1cnn(C)c1)N1C(=O)c2cc(S(=O)(=O)NC3(C)CC3)ccc2N2C1=NCC2CO. The van der Waals surface area contributed by atoms with Crippen molar-refractivity contribution in [2.45, 2.75) is 42.7 Å². The minimum absolute atomic E-state index is 0.0193. The minimum atomic E-state index is -3.88. The predicted molar refractivity (Wildman–Crippen MR) is 113 cm³/mol. The summed E-state index contributed by atoms with van der Waals surface area (Å²) in [5, 5.41) is 13.9. The molecule has 164 valence electrons. The number of carbonyl (C=O) groups excluding carboxylic acids is 1. The number of aromatic nitrogens is 2. The summed E-state index contributed by atoms with van der Waals surface area (Å²) in [6.07, 6.45) is 4.27. The first-order valence-corrected chi connectivity index (χ1v) is 11.4. The van der Waals surface area contributed by atoms with Gasteiger partial charge >= 0.3 is 0 Å². The van der Waals surface area contributed by atoms with Gasteiger partial charge in [0.05, 0.1) is 50.8 Å². The number of fused-ring (bicyclic) bond motifs is 3. The molecule has 1 fully saturated rings. The summed E-state index contributed by atoms with van der Waals surface area (Å²) in [5.41, 5.74) is 0.0549. The van der Waals surface area contributed by atoms with E-state index in [1.165, 1.54) is 35.3 Å². The summed E-state index contributed by atoms with van der Waals surface area (Å²) >= 11 is 0. The van der Waals surface area contributed by atoms with Crippen LogP contribution in [-0.4, -0.2) is 64.8 Å². The number of guanidine groups is 1. The molecule has 10 nitrogen and oxygen atoms in total. The lowest BCUT2D eigenvalue weighted by Crippen LogP contribution is -2.53. The molecule has 1 aliphatic carbocycles. The fourth-order valence-corrected chi connectivity index (χ4v) is 5.28. The lowest BCUT2D eigenvalue weighted by Gasteiger charge is -2.38. The number of hydrogen-bond acceptors (Lipinski definition) is 7. The third kappa shape index (κ3) is 3.42. The molecule has 31 heavy (non-hydrogen) atoms. The Morgan fingerprint density at radius 1 is 1.39 bits per heavy atom. The van der Waals surface area contributed by atoms with E-state index < -0.39 is 34.0 Å². The second-order valence-electron chi connectivity index (χ2n) is 8.35. The molecular formula is C20H24N6O4S. The molecule has 0 spiro atoms. The topological polar surface area (TPSA) is 120 Å². The number of nitrogens with zero attached hydrogens (tertiary/aromatic N) is 5. The highest BCUT2D eigenvalue weighted by Crippen LogP contribution is 2.38. The van der Waals surface area contributed by atoms with E-state index >= 15 is 0 Å². The minimum Gasteiger partial charge on any atom is -0.394 e. The van der Waals surface area contributed by atoms with Crippen LogP contribution in [0.5, 0.6) is 0 Å². The second-order valence-corrected chi connectivity index (χ2v) is 10.0. The zero-order valence-corrected chi connectivity index (χ0v) is 17.9. The van der Waals surface area contributed by atoms with Crippen LogP contribution in [0.4, 0.5) is 5.69 Å². The van der Waals surface area contributed by atoms with Gasteiger partial charge in [0.1, 0.15) is 0 Å². The highest BCUT2D eigenvalue weighted by molar-refractivity contribution is 7.89. The van der Waals surface area contributed by atoms with E-state index in [-0.39, 0.29) is 35.1 Å². The monoisotopic (exact) mass is 446 g/mol. The molecule has 1 unspecified atom stereocenters. The summed E-state index contributed by atoms with van der Waals surface area (Å²) in [6.45, 7) is -0.612. The molecule has 1 amide bonds. The van der Waals surface area contributed by atoms with Crippen LogP contribution in [0.25, 0.3) is 0 Å². The molecule has 1 saturated carbocycles. The normalized spacial score (nSPS) is 23.1. The maximum atomic E-state index is 13.6. The Kier molecular flexibility index (Phi) is 3.96. The number of aliphatic hydroxyl groups excluding tert-OH is 1. The molecule has 2 aliphatic heterocycles. The number of aryl methyl sites for hydroxylation is 1. The van der Waals surface area contributed by atoms with Gasteiger partial charge in [-0.1, -0.05) is 0 Å². The number of sulfonamides is 1. The van der Waals surface area contributed by atoms with Crippen molar-refractivity contribution in [3.63, 3.8) is 0 Å². The molecule has 11 heteroatoms. The summed E-state index contributed by atoms with van der Waals surface area (Å²) in [5.74, 6) is -0.651. The fraction of sp³-hybridized carbons (Fsp3) is 0.450. The van der Waals surface area contributed by atoms with Gasteiger partial charge in [0.2, 0.25) is 16.0 Å². The number of rotatable bonds is 6. The van der Waals surface area contributed by atoms with Crippen molar-refractivity contribution in [3.8, 4) is 0 Å². The van der Waals surface area contributed by atoms with E-state index in [0.29, 0.717) is 5.69 Å². The molecule has 2 N–H and O–H groups in total. The van der Waals surface area contributed by atoms with Crippen LogP contribution in [0.2, 0.25) is 0 Å². The van der Waals surface area contributed by atoms with Crippen LogP contribution in [-0.2, 0) is 23.6 Å². The number of aliphatic imine (C=N–C) groups is 1. The third-order valence-corrected chi connectivity index (χ3v) is 7.37. The van der Waals surface area contributed by atoms with Gasteiger partial charge in [-0.2, -0.15) is 5.10 Å². The Labute approximate surface area is 183 Å². The Morgan fingerprint density at radius 3 is 2.81 bits per heavy atom. The lowest BCUT2D eigenvalue weighted by atomic mass is 10.1. The highest BCUT2D eigenvalue weighted by Gasteiger charge is 2.44. The Morgan fingerprint density at radius 2 is 2.16 bits per heavy atom. The van der Waals surface area contributed by atoms with E-state index in [4.69, 9.17) is 2.74 Å². The van der Waals surface area contributed by atoms with E-state index in [1.807, 2.05) is 6.92 Å². The first-order valence-electron chi connectivity index (χ1n) is 10.9. The molecule has 1 aromatic heterocycles. The summed E-state index contributed by atoms with van der Waals surface area (Å²) in [4.78, 5) is 20.4. The van der Waals surface area contributed by atoms with Gasteiger partial charge in [-0.15, -0.1) is 0 Å². The van der Waals surface area contributed by atoms with Gasteiger partial charge in [-0.05, 0) is 38.0 Å². The number of hydrogen-bond donors (Lipinski definition) is 2. The van der Waals surface area contributed by atoms with E-state index in [2.05, 4.69) is 14.8 Å². The summed E-state index contributed by atoms with van der Waals surface area (Å²) < 4.78 is 47.4. The molecule has 1 atom stereocenters. The van der Waals surface area contributed by atoms with Crippen molar-refractivity contribution in [1.29, 1.82) is 0 Å². The van der Waals surface area contributed by atoms with Crippen molar-refractivity contribution in [2.75, 3.05) is 18.1 Å². The van der Waals surface area contributed by atoms with Crippen molar-refractivity contribution in [1.82, 2.24) is 19.4 Å². The van der Waals surface area contributed by atoms with Crippen LogP contribution in [0, 0.1) is 0 Å². The van der Waals surface area contributed by atoms with Gasteiger partial charge in [0.15, 0.2) is 0 Å². The van der Waals surface area contributed by atoms with Crippen molar-refractivity contribution < 1.29 is 21.1 Å². The van der Waals surface area contributed by atoms with Crippen LogP contribution in [0.3, 0.4) is 0 Å². The average molecular weight is 447 g/mol. The van der Waals surface area contributed by atoms with Gasteiger partial charge in [0.25, 0.3) is 5.91 Å². The molecule has 2 aromatic rings. The summed E-state index contributed by atoms with van der Waals surface area (Å²) in [6, 6.07) is 3.68. The maximum Gasteiger partial charge on any atom is 0.263 e. The predicted octanol–water partition coefficient (Wildman–Crippen LogP) is 0.444. The standard InChI is InChI=1S/C20H24N6O4S/c1-20(5-6-20)23-31(29,30)15-3-4-17-16(7-15)18(28)25(11-13-8-22-24(2)10-13)19-21-9-14(12-27)26(17)19/h3-4,7-8,10,14,23,27H,5-6,9,11-12H2,1-2H3/i11D2. The first-order chi connectivity index (χ1) is 15.5. The van der Waals surface area contributed by atoms with E-state index in [9.17, 15) is 18.3 Å². The van der Waals surface area contributed by atoms with Gasteiger partial charge in [0, 0.05) is 24.3 Å². The largest absolute Gasteiger partial charge is 0.394 e. The van der Waals surface area contributed by atoms with Crippen LogP contribution in [0.1, 0.15) is 38.4 Å². The molecule has 3 heterocycles. The number of carbonyl (C=O) groups is 1. The fourth-order valence-electron chi connectivity index (χ4n) is 3.79. The Hall–Kier alpha value is -2.76. The maximum absolute atomic E-state index is 13.6. The molecule has 3 aliphatic rings. The summed E-state index contributed by atoms with van der Waals surface area (Å²) in [7, 11) is -2.24. The first kappa shape index (κ1) is 17.9. The molecular weight excluding hydrogens is 420 g/mol. The van der Waals surface area contributed by atoms with Crippen molar-refractivity contribution in [2.24, 2.45) is 12.0 Å². The average Bonchev–Trinajstić information content (AvgIpc) is 3.14. The molecule has 5 rings (SSSR count). The lowest BCUT2D eigenvalue weighted by molar-refractivity contribution is 0.0832. The number of anilines is 1. The molecule has 0 radical (unpaired) electrons. The smallest absolute Gasteiger partial charge is 0.263 e. The van der Waals surface area contributed by atoms with Gasteiger partial charge < -0.3 is 10.0 Å². The van der Waals surface area contributed by atoms with E-state index in [0.717, 1.165) is 17.7 Å². The number of benzene rings is 1. The zero-order chi connectivity index (χ0) is 23.8. The molecule has 0 saturated heterocycles. The second kappa shape index (κ2) is 6.87. The number of aliphatic hydroxyl groups is 1. The van der Waals surface area contributed by atoms with E-state index in [1.54, 1.807) is 11.9 Å². The van der Waals surface area contributed by atoms with Crippen LogP contribution >= 0.6 is 0 Å². The highest BCUT2D eigenvalue weighted by atomic mass is 32.2. The Balaban J connectivity index is 1.63. The van der Waals surface area contributed by atoms with Crippen LogP contribution in [0.15, 0.2) is 40.5 Å². The zero-order valence-electron chi connectivity index (χ0n) is 19.1. The molecule has 1 aromatic carbocycles. The van der Waals surface area contributed by atoms with Crippen molar-refractivity contribution in [3.05, 3.63) is 41.7 Å². The quantitative estimate of drug-likeness (QED) is 0.665.